The van der Waals surface area contributed by atoms with Crippen LogP contribution in [0.15, 0.2) is 0 Å². The molecule has 1 saturated heterocycles. The van der Waals surface area contributed by atoms with E-state index in [9.17, 15) is 13.2 Å². The number of nitrogens with two attached hydrogens (primary N) is 1. The Morgan fingerprint density at radius 2 is 1.65 bits per heavy atom. The van der Waals surface area contributed by atoms with Crippen LogP contribution in [0, 0.1) is 5.92 Å². The van der Waals surface area contributed by atoms with Crippen LogP contribution >= 0.6 is 0 Å². The summed E-state index contributed by atoms with van der Waals surface area (Å²) >= 11 is 0. The van der Waals surface area contributed by atoms with E-state index in [2.05, 4.69) is 4.90 Å². The van der Waals surface area contributed by atoms with Gasteiger partial charge in [0.15, 0.2) is 0 Å². The first kappa shape index (κ1) is 13.1. The van der Waals surface area contributed by atoms with Crippen LogP contribution < -0.4 is 5.73 Å². The topological polar surface area (TPSA) is 29.3 Å². The van der Waals surface area contributed by atoms with Gasteiger partial charge in [-0.1, -0.05) is 12.8 Å². The Bertz CT molecular complexity index is 251. The molecule has 0 radical (unpaired) electrons. The molecule has 2 aliphatic rings. The normalized spacial score (nSPS) is 27.5. The molecule has 2 nitrogen and oxygen atoms in total. The number of hydrogen-bond donors (Lipinski definition) is 1. The molecule has 1 aliphatic carbocycles. The lowest BCUT2D eigenvalue weighted by atomic mass is 9.93. The zero-order valence-corrected chi connectivity index (χ0v) is 10.1. The largest absolute Gasteiger partial charge is 0.391 e. The van der Waals surface area contributed by atoms with Crippen molar-refractivity contribution in [1.82, 2.24) is 4.90 Å². The van der Waals surface area contributed by atoms with Gasteiger partial charge in [0.05, 0.1) is 5.92 Å². The second-order valence-electron chi connectivity index (χ2n) is 5.66. The van der Waals surface area contributed by atoms with E-state index in [0.717, 1.165) is 32.2 Å². The number of rotatable bonds is 2. The smallest absolute Gasteiger partial charge is 0.324 e. The van der Waals surface area contributed by atoms with Crippen LogP contribution in [0.5, 0.6) is 0 Å². The summed E-state index contributed by atoms with van der Waals surface area (Å²) in [4.78, 5) is 2.12. The molecule has 0 aromatic rings. The molecular weight excluding hydrogens is 229 g/mol. The highest BCUT2D eigenvalue weighted by Gasteiger charge is 2.42. The maximum absolute atomic E-state index is 12.5. The molecule has 0 amide bonds. The Labute approximate surface area is 100 Å². The van der Waals surface area contributed by atoms with Crippen LogP contribution in [0.2, 0.25) is 0 Å². The molecule has 0 aromatic carbocycles. The van der Waals surface area contributed by atoms with Crippen molar-refractivity contribution in [3.05, 3.63) is 0 Å². The molecule has 2 rings (SSSR count). The van der Waals surface area contributed by atoms with Gasteiger partial charge in [-0.05, 0) is 38.8 Å². The van der Waals surface area contributed by atoms with Crippen LogP contribution in [0.3, 0.4) is 0 Å². The highest BCUT2D eigenvalue weighted by atomic mass is 19.4. The van der Waals surface area contributed by atoms with Crippen LogP contribution in [0.4, 0.5) is 13.2 Å². The number of nitrogens with zero attached hydrogens (tertiary/aromatic N) is 1. The molecule has 2 fully saturated rings. The minimum atomic E-state index is -4.01. The van der Waals surface area contributed by atoms with E-state index in [1.807, 2.05) is 0 Å². The van der Waals surface area contributed by atoms with Crippen molar-refractivity contribution in [3.63, 3.8) is 0 Å². The first-order valence-electron chi connectivity index (χ1n) is 6.47. The summed E-state index contributed by atoms with van der Waals surface area (Å²) < 4.78 is 37.5. The molecule has 0 unspecified atom stereocenters. The Morgan fingerprint density at radius 1 is 1.12 bits per heavy atom. The van der Waals surface area contributed by atoms with Gasteiger partial charge >= 0.3 is 6.18 Å². The average Bonchev–Trinajstić information content (AvgIpc) is 2.64. The fraction of sp³-hybridized carbons (Fsp3) is 1.00. The van der Waals surface area contributed by atoms with Gasteiger partial charge in [0.1, 0.15) is 0 Å². The zero-order chi connectivity index (χ0) is 12.5. The Hall–Kier alpha value is -0.290. The van der Waals surface area contributed by atoms with Gasteiger partial charge in [-0.25, -0.2) is 0 Å². The van der Waals surface area contributed by atoms with Crippen LogP contribution in [-0.4, -0.2) is 36.2 Å². The Morgan fingerprint density at radius 3 is 2.12 bits per heavy atom. The van der Waals surface area contributed by atoms with E-state index in [0.29, 0.717) is 13.1 Å². The molecule has 5 heteroatoms. The Kier molecular flexibility index (Phi) is 3.69. The molecule has 100 valence electrons. The fourth-order valence-electron chi connectivity index (χ4n) is 3.10. The summed E-state index contributed by atoms with van der Waals surface area (Å²) in [5.74, 6) is -1.10. The van der Waals surface area contributed by atoms with Gasteiger partial charge < -0.3 is 10.6 Å². The zero-order valence-electron chi connectivity index (χ0n) is 10.1. The number of halogens is 3. The molecule has 1 aliphatic heterocycles. The summed E-state index contributed by atoms with van der Waals surface area (Å²) in [6, 6.07) is 0. The fourth-order valence-corrected chi connectivity index (χ4v) is 3.10. The molecule has 17 heavy (non-hydrogen) atoms. The molecule has 0 spiro atoms. The molecular formula is C12H21F3N2. The van der Waals surface area contributed by atoms with Gasteiger partial charge in [0, 0.05) is 12.1 Å². The summed E-state index contributed by atoms with van der Waals surface area (Å²) in [5, 5.41) is 0. The lowest BCUT2D eigenvalue weighted by molar-refractivity contribution is -0.185. The lowest BCUT2D eigenvalue weighted by Gasteiger charge is -2.37. The van der Waals surface area contributed by atoms with Gasteiger partial charge in [0.2, 0.25) is 0 Å². The molecule has 0 atom stereocenters. The molecule has 2 N–H and O–H groups in total. The number of alkyl halides is 3. The Balaban J connectivity index is 1.79. The third kappa shape index (κ3) is 3.35. The highest BCUT2D eigenvalue weighted by Crippen LogP contribution is 2.35. The summed E-state index contributed by atoms with van der Waals surface area (Å²) in [5.41, 5.74) is 6.11. The molecule has 0 aromatic heterocycles. The second-order valence-corrected chi connectivity index (χ2v) is 5.66. The van der Waals surface area contributed by atoms with Gasteiger partial charge in [-0.2, -0.15) is 13.2 Å². The van der Waals surface area contributed by atoms with E-state index < -0.39 is 12.1 Å². The van der Waals surface area contributed by atoms with Crippen LogP contribution in [-0.2, 0) is 0 Å². The number of hydrogen-bond acceptors (Lipinski definition) is 2. The van der Waals surface area contributed by atoms with E-state index in [1.54, 1.807) is 0 Å². The van der Waals surface area contributed by atoms with Crippen molar-refractivity contribution in [1.29, 1.82) is 0 Å². The maximum Gasteiger partial charge on any atom is 0.391 e. The highest BCUT2D eigenvalue weighted by molar-refractivity contribution is 4.93. The van der Waals surface area contributed by atoms with Crippen molar-refractivity contribution in [2.24, 2.45) is 11.7 Å². The maximum atomic E-state index is 12.5. The van der Waals surface area contributed by atoms with E-state index >= 15 is 0 Å². The van der Waals surface area contributed by atoms with E-state index in [-0.39, 0.29) is 18.4 Å². The van der Waals surface area contributed by atoms with Gasteiger partial charge in [-0.3, -0.25) is 0 Å². The summed E-state index contributed by atoms with van der Waals surface area (Å²) in [6.07, 6.45) is 0.822. The van der Waals surface area contributed by atoms with E-state index in [4.69, 9.17) is 5.73 Å². The average molecular weight is 250 g/mol. The molecule has 1 saturated carbocycles. The monoisotopic (exact) mass is 250 g/mol. The second kappa shape index (κ2) is 4.76. The lowest BCUT2D eigenvalue weighted by Crippen LogP contribution is -2.51. The van der Waals surface area contributed by atoms with Gasteiger partial charge in [0.25, 0.3) is 0 Å². The van der Waals surface area contributed by atoms with Crippen molar-refractivity contribution in [3.8, 4) is 0 Å². The van der Waals surface area contributed by atoms with Gasteiger partial charge in [-0.15, -0.1) is 0 Å². The third-order valence-electron chi connectivity index (χ3n) is 4.19. The molecule has 0 bridgehead atoms. The van der Waals surface area contributed by atoms with Crippen molar-refractivity contribution < 1.29 is 13.2 Å². The number of piperidine rings is 1. The summed E-state index contributed by atoms with van der Waals surface area (Å²) in [6.45, 7) is 1.86. The number of likely N-dealkylation sites (tertiary alicyclic amines) is 1. The quantitative estimate of drug-likeness (QED) is 0.816. The SMILES string of the molecule is NC1(CN2CCC(C(F)(F)F)CC2)CCCC1. The predicted molar refractivity (Wildman–Crippen MR) is 60.6 cm³/mol. The minimum Gasteiger partial charge on any atom is -0.324 e. The van der Waals surface area contributed by atoms with Crippen LogP contribution in [0.1, 0.15) is 38.5 Å². The van der Waals surface area contributed by atoms with Crippen molar-refractivity contribution >= 4 is 0 Å². The van der Waals surface area contributed by atoms with E-state index in [1.165, 1.54) is 0 Å². The van der Waals surface area contributed by atoms with Crippen molar-refractivity contribution in [2.75, 3.05) is 19.6 Å². The third-order valence-corrected chi connectivity index (χ3v) is 4.19. The standard InChI is InChI=1S/C12H21F3N2/c13-12(14,15)10-3-7-17(8-4-10)9-11(16)5-1-2-6-11/h10H,1-9,16H2. The summed E-state index contributed by atoms with van der Waals surface area (Å²) in [7, 11) is 0. The molecule has 1 heterocycles. The first-order chi connectivity index (χ1) is 7.89. The predicted octanol–water partition coefficient (Wildman–Crippen LogP) is 2.53. The minimum absolute atomic E-state index is 0.134. The van der Waals surface area contributed by atoms with Crippen LogP contribution in [0.25, 0.3) is 0 Å². The van der Waals surface area contributed by atoms with Crippen molar-refractivity contribution in [2.45, 2.75) is 50.2 Å². The first-order valence-corrected chi connectivity index (χ1v) is 6.47.